The molecule has 0 aliphatic carbocycles. The average Bonchev–Trinajstić information content (AvgIpc) is 3.08. The Morgan fingerprint density at radius 2 is 1.96 bits per heavy atom. The predicted octanol–water partition coefficient (Wildman–Crippen LogP) is 2.62. The van der Waals surface area contributed by atoms with Gasteiger partial charge in [-0.25, -0.2) is 9.67 Å². The molecule has 7 heteroatoms. The van der Waals surface area contributed by atoms with Gasteiger partial charge < -0.3 is 10.1 Å². The molecule has 0 unspecified atom stereocenters. The van der Waals surface area contributed by atoms with E-state index in [1.165, 1.54) is 0 Å². The number of aromatic nitrogens is 3. The van der Waals surface area contributed by atoms with Gasteiger partial charge in [-0.2, -0.15) is 5.10 Å². The zero-order valence-electron chi connectivity index (χ0n) is 14.7. The van der Waals surface area contributed by atoms with Gasteiger partial charge in [0.25, 0.3) is 12.4 Å². The van der Waals surface area contributed by atoms with E-state index in [9.17, 15) is 9.59 Å². The Bertz CT molecular complexity index is 916. The quantitative estimate of drug-likeness (QED) is 0.661. The van der Waals surface area contributed by atoms with Crippen molar-refractivity contribution < 1.29 is 14.3 Å². The van der Waals surface area contributed by atoms with Crippen molar-refractivity contribution in [3.8, 4) is 0 Å². The first-order chi connectivity index (χ1) is 12.6. The van der Waals surface area contributed by atoms with Crippen molar-refractivity contribution in [1.29, 1.82) is 0 Å². The molecule has 2 heterocycles. The van der Waals surface area contributed by atoms with Crippen molar-refractivity contribution in [1.82, 2.24) is 20.1 Å². The lowest BCUT2D eigenvalue weighted by Crippen LogP contribution is -2.23. The summed E-state index contributed by atoms with van der Waals surface area (Å²) < 4.78 is 6.53. The molecule has 3 rings (SSSR count). The van der Waals surface area contributed by atoms with Crippen LogP contribution in [0.2, 0.25) is 0 Å². The Morgan fingerprint density at radius 3 is 2.65 bits per heavy atom. The van der Waals surface area contributed by atoms with Crippen LogP contribution < -0.4 is 5.32 Å². The smallest absolute Gasteiger partial charge is 0.293 e. The minimum absolute atomic E-state index is 0.190. The van der Waals surface area contributed by atoms with Crippen LogP contribution in [0.25, 0.3) is 11.0 Å². The maximum atomic E-state index is 12.4. The number of rotatable bonds is 7. The van der Waals surface area contributed by atoms with Crippen LogP contribution in [-0.4, -0.2) is 27.1 Å². The fourth-order valence-electron chi connectivity index (χ4n) is 2.61. The highest BCUT2D eigenvalue weighted by Crippen LogP contribution is 2.16. The molecule has 1 amide bonds. The lowest BCUT2D eigenvalue weighted by molar-refractivity contribution is -0.129. The van der Waals surface area contributed by atoms with Crippen LogP contribution in [0.4, 0.5) is 0 Å². The number of nitrogens with one attached hydrogen (secondary N) is 1. The van der Waals surface area contributed by atoms with Crippen LogP contribution >= 0.6 is 0 Å². The molecule has 2 aromatic heterocycles. The molecule has 3 aromatic rings. The molecule has 0 aliphatic heterocycles. The van der Waals surface area contributed by atoms with E-state index in [1.54, 1.807) is 18.5 Å². The number of fused-ring (bicyclic) bond motifs is 1. The number of pyridine rings is 1. The van der Waals surface area contributed by atoms with E-state index in [1.807, 2.05) is 42.8 Å². The maximum absolute atomic E-state index is 12.4. The van der Waals surface area contributed by atoms with Crippen molar-refractivity contribution >= 4 is 23.4 Å². The van der Waals surface area contributed by atoms with Crippen LogP contribution in [-0.2, 0) is 22.7 Å². The molecule has 0 atom stereocenters. The largest absolute Gasteiger partial charge is 0.463 e. The molecule has 0 bridgehead atoms. The topological polar surface area (TPSA) is 86.1 Å². The summed E-state index contributed by atoms with van der Waals surface area (Å²) in [4.78, 5) is 26.9. The second-order valence-corrected chi connectivity index (χ2v) is 6.23. The Labute approximate surface area is 151 Å². The fraction of sp³-hybridized carbons (Fsp3) is 0.263. The average molecular weight is 352 g/mol. The van der Waals surface area contributed by atoms with E-state index in [2.05, 4.69) is 15.4 Å². The number of hydrogen-bond donors (Lipinski definition) is 1. The van der Waals surface area contributed by atoms with E-state index in [0.29, 0.717) is 18.6 Å². The van der Waals surface area contributed by atoms with Gasteiger partial charge in [-0.1, -0.05) is 24.3 Å². The van der Waals surface area contributed by atoms with E-state index >= 15 is 0 Å². The molecule has 0 saturated carbocycles. The molecule has 26 heavy (non-hydrogen) atoms. The number of benzene rings is 1. The van der Waals surface area contributed by atoms with E-state index in [-0.39, 0.29) is 18.6 Å². The minimum Gasteiger partial charge on any atom is -0.463 e. The molecule has 1 N–H and O–H groups in total. The molecule has 0 spiro atoms. The summed E-state index contributed by atoms with van der Waals surface area (Å²) in [6, 6.07) is 9.50. The SMILES string of the molecule is CC(C)n1ncc2cc(C(=O)NCc3ccc(COC=O)cc3)cnc21. The van der Waals surface area contributed by atoms with Gasteiger partial charge in [0.15, 0.2) is 5.65 Å². The number of carbonyl (C=O) groups excluding carboxylic acids is 2. The highest BCUT2D eigenvalue weighted by molar-refractivity contribution is 5.96. The summed E-state index contributed by atoms with van der Waals surface area (Å²) in [5.74, 6) is -0.190. The molecule has 0 saturated heterocycles. The van der Waals surface area contributed by atoms with Gasteiger partial charge in [0.2, 0.25) is 0 Å². The Hall–Kier alpha value is -3.22. The Balaban J connectivity index is 1.64. The summed E-state index contributed by atoms with van der Waals surface area (Å²) >= 11 is 0. The van der Waals surface area contributed by atoms with Gasteiger partial charge >= 0.3 is 0 Å². The van der Waals surface area contributed by atoms with Crippen molar-refractivity contribution in [3.63, 3.8) is 0 Å². The molecule has 1 aromatic carbocycles. The molecular formula is C19H20N4O3. The van der Waals surface area contributed by atoms with Crippen LogP contribution in [0.5, 0.6) is 0 Å². The highest BCUT2D eigenvalue weighted by atomic mass is 16.5. The van der Waals surface area contributed by atoms with Gasteiger partial charge in [-0.3, -0.25) is 9.59 Å². The normalized spacial score (nSPS) is 10.9. The number of carbonyl (C=O) groups is 2. The molecular weight excluding hydrogens is 332 g/mol. The van der Waals surface area contributed by atoms with Gasteiger partial charge in [0.05, 0.1) is 11.8 Å². The third kappa shape index (κ3) is 3.88. The van der Waals surface area contributed by atoms with E-state index < -0.39 is 0 Å². The number of ether oxygens (including phenoxy) is 1. The van der Waals surface area contributed by atoms with Crippen molar-refractivity contribution in [3.05, 3.63) is 59.4 Å². The lowest BCUT2D eigenvalue weighted by atomic mass is 10.1. The second kappa shape index (κ2) is 7.77. The van der Waals surface area contributed by atoms with E-state index in [4.69, 9.17) is 4.74 Å². The van der Waals surface area contributed by atoms with Gasteiger partial charge in [-0.15, -0.1) is 0 Å². The molecule has 0 fully saturated rings. The number of hydrogen-bond acceptors (Lipinski definition) is 5. The summed E-state index contributed by atoms with van der Waals surface area (Å²) in [5, 5.41) is 8.03. The van der Waals surface area contributed by atoms with Crippen LogP contribution in [0.1, 0.15) is 41.4 Å². The molecule has 7 nitrogen and oxygen atoms in total. The third-order valence-corrected chi connectivity index (χ3v) is 3.98. The second-order valence-electron chi connectivity index (χ2n) is 6.23. The summed E-state index contributed by atoms with van der Waals surface area (Å²) in [5.41, 5.74) is 3.11. The van der Waals surface area contributed by atoms with Crippen LogP contribution in [0.15, 0.2) is 42.7 Å². The molecule has 0 radical (unpaired) electrons. The lowest BCUT2D eigenvalue weighted by Gasteiger charge is -2.08. The first-order valence-electron chi connectivity index (χ1n) is 8.33. The zero-order chi connectivity index (χ0) is 18.5. The number of amides is 1. The Morgan fingerprint density at radius 1 is 1.23 bits per heavy atom. The summed E-state index contributed by atoms with van der Waals surface area (Å²) in [6.07, 6.45) is 3.29. The van der Waals surface area contributed by atoms with Crippen molar-refractivity contribution in [2.75, 3.05) is 0 Å². The highest BCUT2D eigenvalue weighted by Gasteiger charge is 2.11. The molecule has 0 aliphatic rings. The first-order valence-corrected chi connectivity index (χ1v) is 8.33. The van der Waals surface area contributed by atoms with Gasteiger partial charge in [0.1, 0.15) is 6.61 Å². The van der Waals surface area contributed by atoms with Crippen LogP contribution in [0.3, 0.4) is 0 Å². The van der Waals surface area contributed by atoms with Gasteiger partial charge in [0, 0.05) is 24.2 Å². The van der Waals surface area contributed by atoms with Crippen molar-refractivity contribution in [2.24, 2.45) is 0 Å². The predicted molar refractivity (Wildman–Crippen MR) is 96.4 cm³/mol. The van der Waals surface area contributed by atoms with Gasteiger partial charge in [-0.05, 0) is 31.0 Å². The first kappa shape index (κ1) is 17.6. The molecule has 134 valence electrons. The summed E-state index contributed by atoms with van der Waals surface area (Å²) in [6.45, 7) is 5.13. The monoisotopic (exact) mass is 352 g/mol. The fourth-order valence-corrected chi connectivity index (χ4v) is 2.61. The Kier molecular flexibility index (Phi) is 5.26. The standard InChI is InChI=1S/C19H20N4O3/c1-13(2)23-18-16(10-22-23)7-17(9-20-18)19(25)21-8-14-3-5-15(6-4-14)11-26-12-24/h3-7,9-10,12-13H,8,11H2,1-2H3,(H,21,25). The maximum Gasteiger partial charge on any atom is 0.293 e. The number of nitrogens with zero attached hydrogens (tertiary/aromatic N) is 3. The summed E-state index contributed by atoms with van der Waals surface area (Å²) in [7, 11) is 0. The zero-order valence-corrected chi connectivity index (χ0v) is 14.7. The van der Waals surface area contributed by atoms with E-state index in [0.717, 1.165) is 22.2 Å². The van der Waals surface area contributed by atoms with Crippen LogP contribution in [0, 0.1) is 0 Å². The minimum atomic E-state index is -0.190. The third-order valence-electron chi connectivity index (χ3n) is 3.98. The van der Waals surface area contributed by atoms with Crippen molar-refractivity contribution in [2.45, 2.75) is 33.0 Å².